The SMILES string of the molecule is COc1cc2c(cc1OC)[C@H](c1ccc(Br)cc1)N(S(=O)(=O)c1ccc(C)cc1)C[C@@H]2c1ccc(Cl)cc1. The smallest absolute Gasteiger partial charge is 0.243 e. The highest BCUT2D eigenvalue weighted by Crippen LogP contribution is 2.48. The Balaban J connectivity index is 1.79. The van der Waals surface area contributed by atoms with Crippen molar-refractivity contribution in [3.63, 3.8) is 0 Å². The third-order valence-electron chi connectivity index (χ3n) is 7.00. The van der Waals surface area contributed by atoms with Gasteiger partial charge in [-0.1, -0.05) is 69.5 Å². The maximum Gasteiger partial charge on any atom is 0.243 e. The van der Waals surface area contributed by atoms with Crippen LogP contribution in [-0.4, -0.2) is 33.5 Å². The molecular formula is C30H27BrClNO4S. The highest BCUT2D eigenvalue weighted by atomic mass is 79.9. The number of halogens is 2. The lowest BCUT2D eigenvalue weighted by Crippen LogP contribution is -2.42. The van der Waals surface area contributed by atoms with Gasteiger partial charge in [-0.2, -0.15) is 4.31 Å². The molecule has 0 unspecified atom stereocenters. The van der Waals surface area contributed by atoms with Crippen LogP contribution in [0, 0.1) is 6.92 Å². The minimum Gasteiger partial charge on any atom is -0.493 e. The van der Waals surface area contributed by atoms with Gasteiger partial charge in [0.1, 0.15) is 0 Å². The van der Waals surface area contributed by atoms with E-state index in [-0.39, 0.29) is 17.4 Å². The monoisotopic (exact) mass is 611 g/mol. The molecule has 38 heavy (non-hydrogen) atoms. The van der Waals surface area contributed by atoms with Gasteiger partial charge >= 0.3 is 0 Å². The fraction of sp³-hybridized carbons (Fsp3) is 0.200. The number of ether oxygens (including phenoxy) is 2. The molecule has 2 atom stereocenters. The number of hydrogen-bond acceptors (Lipinski definition) is 4. The summed E-state index contributed by atoms with van der Waals surface area (Å²) in [7, 11) is -0.705. The van der Waals surface area contributed by atoms with Gasteiger partial charge in [-0.25, -0.2) is 8.42 Å². The molecular weight excluding hydrogens is 586 g/mol. The Hall–Kier alpha value is -2.84. The molecule has 0 radical (unpaired) electrons. The Morgan fingerprint density at radius 1 is 0.816 bits per heavy atom. The Bertz CT molecular complexity index is 1560. The topological polar surface area (TPSA) is 55.8 Å². The van der Waals surface area contributed by atoms with Crippen LogP contribution >= 0.6 is 27.5 Å². The Morgan fingerprint density at radius 2 is 1.37 bits per heavy atom. The van der Waals surface area contributed by atoms with E-state index in [1.54, 1.807) is 30.7 Å². The van der Waals surface area contributed by atoms with Crippen LogP contribution in [-0.2, 0) is 10.0 Å². The van der Waals surface area contributed by atoms with E-state index in [9.17, 15) is 8.42 Å². The second kappa shape index (κ2) is 10.7. The average Bonchev–Trinajstić information content (AvgIpc) is 2.92. The largest absolute Gasteiger partial charge is 0.493 e. The summed E-state index contributed by atoms with van der Waals surface area (Å²) < 4.78 is 42.4. The summed E-state index contributed by atoms with van der Waals surface area (Å²) in [6.07, 6.45) is 0. The van der Waals surface area contributed by atoms with Gasteiger partial charge in [-0.3, -0.25) is 0 Å². The fourth-order valence-electron chi connectivity index (χ4n) is 5.04. The number of sulfonamides is 1. The van der Waals surface area contributed by atoms with Gasteiger partial charge in [0.05, 0.1) is 25.2 Å². The lowest BCUT2D eigenvalue weighted by Gasteiger charge is -2.41. The van der Waals surface area contributed by atoms with Crippen molar-refractivity contribution < 1.29 is 17.9 Å². The van der Waals surface area contributed by atoms with Crippen molar-refractivity contribution >= 4 is 37.6 Å². The molecule has 0 aromatic heterocycles. The van der Waals surface area contributed by atoms with Gasteiger partial charge < -0.3 is 9.47 Å². The predicted molar refractivity (Wildman–Crippen MR) is 154 cm³/mol. The molecule has 5 rings (SSSR count). The van der Waals surface area contributed by atoms with Crippen LogP contribution in [0.1, 0.15) is 39.8 Å². The van der Waals surface area contributed by atoms with E-state index in [1.807, 2.05) is 79.7 Å². The third-order valence-corrected chi connectivity index (χ3v) is 9.62. The number of aryl methyl sites for hydroxylation is 1. The van der Waals surface area contributed by atoms with Crippen molar-refractivity contribution in [2.24, 2.45) is 0 Å². The second-order valence-corrected chi connectivity index (χ2v) is 12.5. The third kappa shape index (κ3) is 4.96. The highest BCUT2D eigenvalue weighted by Gasteiger charge is 2.42. The number of methoxy groups -OCH3 is 2. The molecule has 0 N–H and O–H groups in total. The van der Waals surface area contributed by atoms with Gasteiger partial charge in [0, 0.05) is 22.0 Å². The first-order valence-electron chi connectivity index (χ1n) is 12.1. The van der Waals surface area contributed by atoms with E-state index in [2.05, 4.69) is 15.9 Å². The van der Waals surface area contributed by atoms with E-state index in [0.717, 1.165) is 32.3 Å². The molecule has 5 nitrogen and oxygen atoms in total. The van der Waals surface area contributed by atoms with Gasteiger partial charge in [0.15, 0.2) is 11.5 Å². The van der Waals surface area contributed by atoms with Crippen molar-refractivity contribution in [3.05, 3.63) is 122 Å². The Morgan fingerprint density at radius 3 is 1.95 bits per heavy atom. The molecule has 1 aliphatic heterocycles. The van der Waals surface area contributed by atoms with E-state index < -0.39 is 16.1 Å². The van der Waals surface area contributed by atoms with E-state index >= 15 is 0 Å². The zero-order chi connectivity index (χ0) is 27.0. The number of fused-ring (bicyclic) bond motifs is 1. The van der Waals surface area contributed by atoms with E-state index in [0.29, 0.717) is 16.5 Å². The number of benzene rings is 4. The minimum absolute atomic E-state index is 0.237. The zero-order valence-electron chi connectivity index (χ0n) is 21.2. The summed E-state index contributed by atoms with van der Waals surface area (Å²) >= 11 is 9.71. The Kier molecular flexibility index (Phi) is 7.56. The lowest BCUT2D eigenvalue weighted by atomic mass is 9.80. The zero-order valence-corrected chi connectivity index (χ0v) is 24.3. The van der Waals surface area contributed by atoms with Crippen molar-refractivity contribution in [1.82, 2.24) is 4.31 Å². The summed E-state index contributed by atoms with van der Waals surface area (Å²) in [4.78, 5) is 0.254. The maximum absolute atomic E-state index is 14.3. The normalized spacial score (nSPS) is 17.6. The molecule has 8 heteroatoms. The molecule has 1 heterocycles. The van der Waals surface area contributed by atoms with Crippen LogP contribution in [0.25, 0.3) is 0 Å². The van der Waals surface area contributed by atoms with Crippen LogP contribution in [0.3, 0.4) is 0 Å². The van der Waals surface area contributed by atoms with Gasteiger partial charge in [-0.05, 0) is 77.7 Å². The number of rotatable bonds is 6. The first-order chi connectivity index (χ1) is 18.2. The minimum atomic E-state index is -3.89. The molecule has 0 saturated heterocycles. The summed E-state index contributed by atoms with van der Waals surface area (Å²) in [5, 5.41) is 0.619. The van der Waals surface area contributed by atoms with Gasteiger partial charge in [0.2, 0.25) is 10.0 Å². The maximum atomic E-state index is 14.3. The molecule has 4 aromatic rings. The van der Waals surface area contributed by atoms with Crippen LogP contribution in [0.4, 0.5) is 0 Å². The summed E-state index contributed by atoms with van der Waals surface area (Å²) in [5.41, 5.74) is 4.63. The Labute approximate surface area is 237 Å². The molecule has 0 spiro atoms. The average molecular weight is 613 g/mol. The number of hydrogen-bond donors (Lipinski definition) is 0. The van der Waals surface area contributed by atoms with Crippen LogP contribution in [0.5, 0.6) is 11.5 Å². The first-order valence-corrected chi connectivity index (χ1v) is 14.7. The molecule has 1 aliphatic rings. The van der Waals surface area contributed by atoms with Crippen molar-refractivity contribution in [2.75, 3.05) is 20.8 Å². The van der Waals surface area contributed by atoms with Crippen molar-refractivity contribution in [3.8, 4) is 11.5 Å². The van der Waals surface area contributed by atoms with Gasteiger partial charge in [-0.15, -0.1) is 0 Å². The van der Waals surface area contributed by atoms with Crippen LogP contribution in [0.15, 0.2) is 94.3 Å². The fourth-order valence-corrected chi connectivity index (χ4v) is 7.04. The quantitative estimate of drug-likeness (QED) is 0.228. The van der Waals surface area contributed by atoms with Crippen LogP contribution in [0.2, 0.25) is 5.02 Å². The van der Waals surface area contributed by atoms with Crippen LogP contribution < -0.4 is 9.47 Å². The van der Waals surface area contributed by atoms with E-state index in [4.69, 9.17) is 21.1 Å². The first kappa shape index (κ1) is 26.8. The van der Waals surface area contributed by atoms with Gasteiger partial charge in [0.25, 0.3) is 0 Å². The molecule has 4 aromatic carbocycles. The second-order valence-electron chi connectivity index (χ2n) is 9.28. The highest BCUT2D eigenvalue weighted by molar-refractivity contribution is 9.10. The molecule has 0 saturated carbocycles. The molecule has 0 aliphatic carbocycles. The van der Waals surface area contributed by atoms with E-state index in [1.165, 1.54) is 0 Å². The lowest BCUT2D eigenvalue weighted by molar-refractivity contribution is 0.319. The number of nitrogens with zero attached hydrogens (tertiary/aromatic N) is 1. The molecule has 196 valence electrons. The predicted octanol–water partition coefficient (Wildman–Crippen LogP) is 7.35. The van der Waals surface area contributed by atoms with Crippen molar-refractivity contribution in [1.29, 1.82) is 0 Å². The molecule has 0 bridgehead atoms. The summed E-state index contributed by atoms with van der Waals surface area (Å²) in [6.45, 7) is 2.18. The van der Waals surface area contributed by atoms with Crippen molar-refractivity contribution in [2.45, 2.75) is 23.8 Å². The summed E-state index contributed by atoms with van der Waals surface area (Å²) in [6, 6.07) is 25.6. The standard InChI is InChI=1S/C30H27BrClNO4S/c1-19-4-14-24(15-5-19)38(34,35)33-18-27(20-8-12-23(32)13-9-20)25-16-28(36-2)29(37-3)17-26(25)30(33)21-6-10-22(31)11-7-21/h4-17,27,30H,18H2,1-3H3/t27-,30+/m1/s1. The summed E-state index contributed by atoms with van der Waals surface area (Å²) in [5.74, 6) is 0.876. The molecule has 0 fully saturated rings. The molecule has 0 amide bonds.